The van der Waals surface area contributed by atoms with Gasteiger partial charge in [0.2, 0.25) is 0 Å². The van der Waals surface area contributed by atoms with Gasteiger partial charge in [0.15, 0.2) is 5.69 Å². The topological polar surface area (TPSA) is 65.2 Å². The van der Waals surface area contributed by atoms with E-state index < -0.39 is 5.97 Å². The van der Waals surface area contributed by atoms with Crippen LogP contribution in [-0.4, -0.2) is 18.1 Å². The molecule has 0 saturated carbocycles. The molecule has 1 aromatic rings. The number of carbonyl (C=O) groups excluding carboxylic acids is 1. The molecule has 2 N–H and O–H groups in total. The van der Waals surface area contributed by atoms with E-state index in [1.165, 1.54) is 7.11 Å². The maximum absolute atomic E-state index is 11.1. The molecule has 1 aromatic heterocycles. The van der Waals surface area contributed by atoms with Crippen LogP contribution in [0.15, 0.2) is 12.1 Å². The number of ether oxygens (including phenoxy) is 1. The predicted molar refractivity (Wildman–Crippen MR) is 55.7 cm³/mol. The molecule has 0 unspecified atom stereocenters. The first kappa shape index (κ1) is 13.2. The number of nitrogens with two attached hydrogens (primary N) is 1. The zero-order valence-electron chi connectivity index (χ0n) is 7.49. The molecule has 1 rings (SSSR count). The Morgan fingerprint density at radius 1 is 1.64 bits per heavy atom. The molecule has 0 atom stereocenters. The predicted octanol–water partition coefficient (Wildman–Crippen LogP) is 1.40. The van der Waals surface area contributed by atoms with Crippen LogP contribution in [-0.2, 0) is 11.3 Å². The molecule has 78 valence electrons. The fraction of sp³-hybridized carbons (Fsp3) is 0.250. The summed E-state index contributed by atoms with van der Waals surface area (Å²) in [5.41, 5.74) is 6.06. The number of hydrogen-bond donors (Lipinski definition) is 1. The van der Waals surface area contributed by atoms with E-state index in [4.69, 9.17) is 17.3 Å². The fourth-order valence-corrected chi connectivity index (χ4v) is 1.02. The van der Waals surface area contributed by atoms with E-state index in [0.29, 0.717) is 5.69 Å². The summed E-state index contributed by atoms with van der Waals surface area (Å²) < 4.78 is 4.49. The van der Waals surface area contributed by atoms with Gasteiger partial charge in [0.1, 0.15) is 0 Å². The second-order valence-corrected chi connectivity index (χ2v) is 2.74. The lowest BCUT2D eigenvalue weighted by Gasteiger charge is -2.02. The largest absolute Gasteiger partial charge is 0.464 e. The van der Waals surface area contributed by atoms with Crippen LogP contribution in [0.4, 0.5) is 0 Å². The van der Waals surface area contributed by atoms with Crippen molar-refractivity contribution in [2.45, 2.75) is 6.54 Å². The third-order valence-corrected chi connectivity index (χ3v) is 1.80. The summed E-state index contributed by atoms with van der Waals surface area (Å²) in [5.74, 6) is -0.555. The maximum Gasteiger partial charge on any atom is 0.358 e. The van der Waals surface area contributed by atoms with E-state index in [-0.39, 0.29) is 29.7 Å². The number of methoxy groups -OCH3 is 1. The molecular formula is C8H10Cl2N2O2. The number of hydrogen-bond acceptors (Lipinski definition) is 4. The molecule has 0 radical (unpaired) electrons. The highest BCUT2D eigenvalue weighted by molar-refractivity contribution is 6.33. The van der Waals surface area contributed by atoms with Gasteiger partial charge < -0.3 is 10.5 Å². The van der Waals surface area contributed by atoms with Gasteiger partial charge in [-0.2, -0.15) is 0 Å². The van der Waals surface area contributed by atoms with E-state index in [1.807, 2.05) is 0 Å². The van der Waals surface area contributed by atoms with Gasteiger partial charge in [0.05, 0.1) is 17.8 Å². The summed E-state index contributed by atoms with van der Waals surface area (Å²) >= 11 is 5.72. The fourth-order valence-electron chi connectivity index (χ4n) is 0.836. The monoisotopic (exact) mass is 236 g/mol. The molecule has 14 heavy (non-hydrogen) atoms. The molecule has 0 amide bonds. The SMILES string of the molecule is COC(=O)c1nc(CN)ccc1Cl.Cl. The quantitative estimate of drug-likeness (QED) is 0.789. The van der Waals surface area contributed by atoms with Gasteiger partial charge in [-0.25, -0.2) is 9.78 Å². The van der Waals surface area contributed by atoms with Crippen molar-refractivity contribution in [3.63, 3.8) is 0 Å². The summed E-state index contributed by atoms with van der Waals surface area (Å²) in [6.07, 6.45) is 0. The van der Waals surface area contributed by atoms with Gasteiger partial charge >= 0.3 is 5.97 Å². The molecule has 0 spiro atoms. The van der Waals surface area contributed by atoms with E-state index in [1.54, 1.807) is 12.1 Å². The number of carbonyl (C=O) groups is 1. The minimum Gasteiger partial charge on any atom is -0.464 e. The van der Waals surface area contributed by atoms with Crippen molar-refractivity contribution in [3.8, 4) is 0 Å². The Balaban J connectivity index is 0.00000169. The molecular weight excluding hydrogens is 227 g/mol. The van der Waals surface area contributed by atoms with Crippen LogP contribution in [0.5, 0.6) is 0 Å². The third-order valence-electron chi connectivity index (χ3n) is 1.49. The molecule has 1 heterocycles. The Labute approximate surface area is 92.8 Å². The Kier molecular flexibility index (Phi) is 5.45. The Hall–Kier alpha value is -0.840. The molecule has 0 aliphatic carbocycles. The maximum atomic E-state index is 11.1. The van der Waals surface area contributed by atoms with Gasteiger partial charge in [0.25, 0.3) is 0 Å². The summed E-state index contributed by atoms with van der Waals surface area (Å²) in [6.45, 7) is 0.265. The van der Waals surface area contributed by atoms with E-state index in [9.17, 15) is 4.79 Å². The van der Waals surface area contributed by atoms with Crippen molar-refractivity contribution in [3.05, 3.63) is 28.5 Å². The van der Waals surface area contributed by atoms with Crippen molar-refractivity contribution >= 4 is 30.0 Å². The number of halogens is 2. The molecule has 0 bridgehead atoms. The Morgan fingerprint density at radius 3 is 2.79 bits per heavy atom. The molecule has 0 aromatic carbocycles. The third kappa shape index (κ3) is 2.83. The first-order valence-corrected chi connectivity index (χ1v) is 4.00. The van der Waals surface area contributed by atoms with Crippen LogP contribution in [0, 0.1) is 0 Å². The van der Waals surface area contributed by atoms with Crippen LogP contribution >= 0.6 is 24.0 Å². The normalized spacial score (nSPS) is 9.07. The van der Waals surface area contributed by atoms with Gasteiger partial charge in [0, 0.05) is 6.54 Å². The molecule has 0 aliphatic rings. The standard InChI is InChI=1S/C8H9ClN2O2.ClH/c1-13-8(12)7-6(9)3-2-5(4-10)11-7;/h2-3H,4,10H2,1H3;1H. The molecule has 0 saturated heterocycles. The van der Waals surface area contributed by atoms with Gasteiger partial charge in [-0.15, -0.1) is 12.4 Å². The lowest BCUT2D eigenvalue weighted by Crippen LogP contribution is -2.09. The second kappa shape index (κ2) is 5.80. The van der Waals surface area contributed by atoms with Gasteiger partial charge in [-0.05, 0) is 12.1 Å². The van der Waals surface area contributed by atoms with Crippen LogP contribution in [0.25, 0.3) is 0 Å². The second-order valence-electron chi connectivity index (χ2n) is 2.33. The van der Waals surface area contributed by atoms with Crippen molar-refractivity contribution in [1.29, 1.82) is 0 Å². The highest BCUT2D eigenvalue weighted by Gasteiger charge is 2.12. The van der Waals surface area contributed by atoms with Gasteiger partial charge in [-0.3, -0.25) is 0 Å². The van der Waals surface area contributed by atoms with E-state index in [2.05, 4.69) is 9.72 Å². The Bertz CT molecular complexity index is 331. The van der Waals surface area contributed by atoms with Crippen LogP contribution < -0.4 is 5.73 Å². The average Bonchev–Trinajstić information content (AvgIpc) is 2.17. The first-order valence-electron chi connectivity index (χ1n) is 3.63. The van der Waals surface area contributed by atoms with Crippen molar-refractivity contribution in [2.24, 2.45) is 5.73 Å². The molecule has 6 heteroatoms. The van der Waals surface area contributed by atoms with E-state index in [0.717, 1.165) is 0 Å². The highest BCUT2D eigenvalue weighted by atomic mass is 35.5. The summed E-state index contributed by atoms with van der Waals surface area (Å²) in [4.78, 5) is 15.0. The minimum atomic E-state index is -0.555. The summed E-state index contributed by atoms with van der Waals surface area (Å²) in [6, 6.07) is 3.23. The summed E-state index contributed by atoms with van der Waals surface area (Å²) in [7, 11) is 1.27. The first-order chi connectivity index (χ1) is 6.19. The Morgan fingerprint density at radius 2 is 2.29 bits per heavy atom. The lowest BCUT2D eigenvalue weighted by molar-refractivity contribution is 0.0594. The molecule has 0 fully saturated rings. The van der Waals surface area contributed by atoms with Gasteiger partial charge in [-0.1, -0.05) is 11.6 Å². The van der Waals surface area contributed by atoms with Crippen molar-refractivity contribution in [1.82, 2.24) is 4.98 Å². The minimum absolute atomic E-state index is 0. The lowest BCUT2D eigenvalue weighted by atomic mass is 10.3. The average molecular weight is 237 g/mol. The van der Waals surface area contributed by atoms with Crippen molar-refractivity contribution < 1.29 is 9.53 Å². The molecule has 4 nitrogen and oxygen atoms in total. The van der Waals surface area contributed by atoms with E-state index >= 15 is 0 Å². The van der Waals surface area contributed by atoms with Crippen LogP contribution in [0.3, 0.4) is 0 Å². The molecule has 0 aliphatic heterocycles. The van der Waals surface area contributed by atoms with Crippen LogP contribution in [0.2, 0.25) is 5.02 Å². The highest BCUT2D eigenvalue weighted by Crippen LogP contribution is 2.14. The number of esters is 1. The van der Waals surface area contributed by atoms with Crippen molar-refractivity contribution in [2.75, 3.05) is 7.11 Å². The zero-order chi connectivity index (χ0) is 9.84. The number of nitrogens with zero attached hydrogens (tertiary/aromatic N) is 1. The zero-order valence-corrected chi connectivity index (χ0v) is 9.06. The number of pyridine rings is 1. The van der Waals surface area contributed by atoms with Crippen LogP contribution in [0.1, 0.15) is 16.2 Å². The number of rotatable bonds is 2. The number of aromatic nitrogens is 1. The summed E-state index contributed by atoms with van der Waals surface area (Å²) in [5, 5.41) is 0.268. The smallest absolute Gasteiger partial charge is 0.358 e.